The van der Waals surface area contributed by atoms with Crippen LogP contribution in [0.2, 0.25) is 0 Å². The average molecular weight is 314 g/mol. The first kappa shape index (κ1) is 14.7. The maximum absolute atomic E-state index is 12.7. The Balaban J connectivity index is 1.88. The second-order valence-corrected chi connectivity index (χ2v) is 6.78. The molecule has 0 spiro atoms. The molecule has 0 unspecified atom stereocenters. The summed E-state index contributed by atoms with van der Waals surface area (Å²) in [7, 11) is 1.82. The standard InChI is InChI=1S/C16H18N4OS/c1-10(15-11(2)22-12(3)18-15)19(4)16(21)13-5-6-14-17-7-8-20(14)9-13/h5-10H,1-4H3/t10-/m1/s1. The molecular formula is C16H18N4OS. The van der Waals surface area contributed by atoms with Gasteiger partial charge in [0.05, 0.1) is 22.3 Å². The summed E-state index contributed by atoms with van der Waals surface area (Å²) in [5.74, 6) is -0.0202. The quantitative estimate of drug-likeness (QED) is 0.745. The van der Waals surface area contributed by atoms with Crippen LogP contribution in [-0.2, 0) is 0 Å². The SMILES string of the molecule is Cc1nc([C@@H](C)N(C)C(=O)c2ccc3nccn3c2)c(C)s1. The van der Waals surface area contributed by atoms with Gasteiger partial charge in [0, 0.05) is 30.5 Å². The van der Waals surface area contributed by atoms with Crippen molar-refractivity contribution in [3.05, 3.63) is 51.9 Å². The fraction of sp³-hybridized carbons (Fsp3) is 0.312. The van der Waals surface area contributed by atoms with Crippen molar-refractivity contribution in [2.75, 3.05) is 7.05 Å². The molecule has 0 saturated carbocycles. The topological polar surface area (TPSA) is 50.5 Å². The van der Waals surface area contributed by atoms with Gasteiger partial charge in [0.15, 0.2) is 0 Å². The summed E-state index contributed by atoms with van der Waals surface area (Å²) in [6.45, 7) is 6.05. The number of imidazole rings is 1. The number of carbonyl (C=O) groups is 1. The zero-order valence-corrected chi connectivity index (χ0v) is 13.9. The summed E-state index contributed by atoms with van der Waals surface area (Å²) in [5.41, 5.74) is 2.45. The second-order valence-electron chi connectivity index (χ2n) is 5.38. The van der Waals surface area contributed by atoms with Crippen molar-refractivity contribution in [3.63, 3.8) is 0 Å². The number of hydrogen-bond acceptors (Lipinski definition) is 4. The van der Waals surface area contributed by atoms with Crippen molar-refractivity contribution in [2.45, 2.75) is 26.8 Å². The molecule has 22 heavy (non-hydrogen) atoms. The number of pyridine rings is 1. The van der Waals surface area contributed by atoms with Crippen LogP contribution >= 0.6 is 11.3 Å². The largest absolute Gasteiger partial charge is 0.333 e. The van der Waals surface area contributed by atoms with E-state index in [1.165, 1.54) is 0 Å². The van der Waals surface area contributed by atoms with E-state index in [1.54, 1.807) is 22.4 Å². The molecule has 6 heteroatoms. The Morgan fingerprint density at radius 1 is 1.36 bits per heavy atom. The predicted octanol–water partition coefficient (Wildman–Crippen LogP) is 3.24. The van der Waals surface area contributed by atoms with Gasteiger partial charge in [-0.1, -0.05) is 0 Å². The van der Waals surface area contributed by atoms with E-state index >= 15 is 0 Å². The summed E-state index contributed by atoms with van der Waals surface area (Å²) in [6.07, 6.45) is 5.37. The highest BCUT2D eigenvalue weighted by Gasteiger charge is 2.22. The lowest BCUT2D eigenvalue weighted by molar-refractivity contribution is 0.0739. The third-order valence-electron chi connectivity index (χ3n) is 3.87. The molecule has 3 rings (SSSR count). The molecule has 0 aliphatic heterocycles. The molecule has 3 heterocycles. The van der Waals surface area contributed by atoms with E-state index in [0.29, 0.717) is 5.56 Å². The van der Waals surface area contributed by atoms with Crippen LogP contribution in [0, 0.1) is 13.8 Å². The van der Waals surface area contributed by atoms with Crippen LogP contribution < -0.4 is 0 Å². The molecule has 3 aromatic rings. The smallest absolute Gasteiger partial charge is 0.255 e. The molecular weight excluding hydrogens is 296 g/mol. The number of carbonyl (C=O) groups excluding carboxylic acids is 1. The van der Waals surface area contributed by atoms with E-state index in [9.17, 15) is 4.79 Å². The van der Waals surface area contributed by atoms with Gasteiger partial charge in [0.2, 0.25) is 0 Å². The molecule has 0 aromatic carbocycles. The van der Waals surface area contributed by atoms with Gasteiger partial charge in [-0.15, -0.1) is 11.3 Å². The van der Waals surface area contributed by atoms with Crippen molar-refractivity contribution in [3.8, 4) is 0 Å². The van der Waals surface area contributed by atoms with Crippen LogP contribution in [0.4, 0.5) is 0 Å². The maximum Gasteiger partial charge on any atom is 0.255 e. The van der Waals surface area contributed by atoms with Crippen LogP contribution in [0.1, 0.15) is 38.9 Å². The number of nitrogens with zero attached hydrogens (tertiary/aromatic N) is 4. The van der Waals surface area contributed by atoms with Gasteiger partial charge in [0.1, 0.15) is 5.65 Å². The number of aromatic nitrogens is 3. The molecule has 0 radical (unpaired) electrons. The highest BCUT2D eigenvalue weighted by molar-refractivity contribution is 7.11. The summed E-state index contributed by atoms with van der Waals surface area (Å²) in [6, 6.07) is 3.60. The molecule has 0 fully saturated rings. The lowest BCUT2D eigenvalue weighted by Gasteiger charge is -2.24. The van der Waals surface area contributed by atoms with Crippen molar-refractivity contribution in [1.82, 2.24) is 19.3 Å². The fourth-order valence-electron chi connectivity index (χ4n) is 2.54. The number of hydrogen-bond donors (Lipinski definition) is 0. The first-order chi connectivity index (χ1) is 10.5. The van der Waals surface area contributed by atoms with Crippen molar-refractivity contribution in [1.29, 1.82) is 0 Å². The fourth-order valence-corrected chi connectivity index (χ4v) is 3.45. The van der Waals surface area contributed by atoms with Gasteiger partial charge in [-0.05, 0) is 32.9 Å². The van der Waals surface area contributed by atoms with Gasteiger partial charge in [-0.25, -0.2) is 9.97 Å². The summed E-state index contributed by atoms with van der Waals surface area (Å²) in [4.78, 5) is 24.4. The Morgan fingerprint density at radius 3 is 2.82 bits per heavy atom. The monoisotopic (exact) mass is 314 g/mol. The van der Waals surface area contributed by atoms with Gasteiger partial charge in [0.25, 0.3) is 5.91 Å². The average Bonchev–Trinajstić information content (AvgIpc) is 3.10. The minimum absolute atomic E-state index is 0.0202. The van der Waals surface area contributed by atoms with E-state index in [-0.39, 0.29) is 11.9 Å². The molecule has 5 nitrogen and oxygen atoms in total. The van der Waals surface area contributed by atoms with Crippen molar-refractivity contribution >= 4 is 22.9 Å². The van der Waals surface area contributed by atoms with Crippen LogP contribution in [0.3, 0.4) is 0 Å². The molecule has 0 aliphatic carbocycles. The van der Waals surface area contributed by atoms with Crippen LogP contribution in [0.5, 0.6) is 0 Å². The number of thiazole rings is 1. The maximum atomic E-state index is 12.7. The Kier molecular flexibility index (Phi) is 3.70. The van der Waals surface area contributed by atoms with Gasteiger partial charge in [-0.2, -0.15) is 0 Å². The zero-order chi connectivity index (χ0) is 15.9. The van der Waals surface area contributed by atoms with E-state index in [1.807, 2.05) is 56.7 Å². The van der Waals surface area contributed by atoms with E-state index in [0.717, 1.165) is 21.2 Å². The van der Waals surface area contributed by atoms with Crippen molar-refractivity contribution in [2.24, 2.45) is 0 Å². The lowest BCUT2D eigenvalue weighted by atomic mass is 10.1. The predicted molar refractivity (Wildman–Crippen MR) is 87.3 cm³/mol. The molecule has 0 N–H and O–H groups in total. The van der Waals surface area contributed by atoms with E-state index in [4.69, 9.17) is 0 Å². The number of rotatable bonds is 3. The van der Waals surface area contributed by atoms with Crippen LogP contribution in [0.25, 0.3) is 5.65 Å². The highest BCUT2D eigenvalue weighted by atomic mass is 32.1. The Hall–Kier alpha value is -2.21. The minimum atomic E-state index is -0.0593. The number of aryl methyl sites for hydroxylation is 2. The second kappa shape index (κ2) is 5.53. The normalized spacial score (nSPS) is 12.5. The molecule has 3 aromatic heterocycles. The molecule has 0 bridgehead atoms. The molecule has 114 valence electrons. The van der Waals surface area contributed by atoms with Gasteiger partial charge < -0.3 is 9.30 Å². The molecule has 0 aliphatic rings. The van der Waals surface area contributed by atoms with Crippen molar-refractivity contribution < 1.29 is 4.79 Å². The Bertz CT molecular complexity index is 836. The third-order valence-corrected chi connectivity index (χ3v) is 4.77. The molecule has 0 saturated heterocycles. The zero-order valence-electron chi connectivity index (χ0n) is 13.1. The van der Waals surface area contributed by atoms with E-state index < -0.39 is 0 Å². The highest BCUT2D eigenvalue weighted by Crippen LogP contribution is 2.27. The molecule has 1 amide bonds. The first-order valence-corrected chi connectivity index (χ1v) is 7.93. The summed E-state index contributed by atoms with van der Waals surface area (Å²) in [5, 5.41) is 1.03. The minimum Gasteiger partial charge on any atom is -0.333 e. The van der Waals surface area contributed by atoms with Gasteiger partial charge in [-0.3, -0.25) is 4.79 Å². The van der Waals surface area contributed by atoms with E-state index in [2.05, 4.69) is 9.97 Å². The Labute approximate surface area is 133 Å². The summed E-state index contributed by atoms with van der Waals surface area (Å²) >= 11 is 1.66. The van der Waals surface area contributed by atoms with Gasteiger partial charge >= 0.3 is 0 Å². The van der Waals surface area contributed by atoms with Crippen LogP contribution in [0.15, 0.2) is 30.7 Å². The lowest BCUT2D eigenvalue weighted by Crippen LogP contribution is -2.30. The Morgan fingerprint density at radius 2 is 2.14 bits per heavy atom. The number of amides is 1. The van der Waals surface area contributed by atoms with Crippen LogP contribution in [-0.4, -0.2) is 32.2 Å². The summed E-state index contributed by atoms with van der Waals surface area (Å²) < 4.78 is 1.85. The number of fused-ring (bicyclic) bond motifs is 1. The molecule has 1 atom stereocenters. The first-order valence-electron chi connectivity index (χ1n) is 7.11. The third kappa shape index (κ3) is 2.50.